The molecule has 0 radical (unpaired) electrons. The molecule has 0 atom stereocenters. The van der Waals surface area contributed by atoms with Crippen LogP contribution in [-0.4, -0.2) is 26.8 Å². The van der Waals surface area contributed by atoms with Crippen molar-refractivity contribution in [3.8, 4) is 11.5 Å². The van der Waals surface area contributed by atoms with Gasteiger partial charge >= 0.3 is 0 Å². The minimum atomic E-state index is -0.341. The number of carbonyl (C=O) groups is 1. The number of rotatable bonds is 6. The molecule has 4 rings (SSSR count). The number of nitrogens with zero attached hydrogens (tertiary/aromatic N) is 3. The molecule has 4 aromatic rings. The number of hydrogen-bond donors (Lipinski definition) is 1. The fourth-order valence-electron chi connectivity index (χ4n) is 2.98. The summed E-state index contributed by atoms with van der Waals surface area (Å²) in [7, 11) is 0. The highest BCUT2D eigenvalue weighted by Gasteiger charge is 2.09. The first-order valence-electron chi connectivity index (χ1n) is 8.73. The van der Waals surface area contributed by atoms with Gasteiger partial charge in [0.2, 0.25) is 5.91 Å². The molecule has 0 aliphatic rings. The number of nitrogens with one attached hydrogen (secondary N) is 1. The Hall–Kier alpha value is -3.13. The van der Waals surface area contributed by atoms with Gasteiger partial charge in [-0.3, -0.25) is 9.59 Å². The van der Waals surface area contributed by atoms with Gasteiger partial charge in [-0.25, -0.2) is 4.68 Å². The van der Waals surface area contributed by atoms with Gasteiger partial charge in [-0.1, -0.05) is 22.0 Å². The van der Waals surface area contributed by atoms with Crippen LogP contribution in [0.1, 0.15) is 0 Å². The predicted molar refractivity (Wildman–Crippen MR) is 109 cm³/mol. The molecule has 1 amide bonds. The van der Waals surface area contributed by atoms with Crippen molar-refractivity contribution in [3.05, 3.63) is 75.8 Å². The second-order valence-electron chi connectivity index (χ2n) is 6.25. The quantitative estimate of drug-likeness (QED) is 0.499. The van der Waals surface area contributed by atoms with E-state index in [4.69, 9.17) is 4.42 Å². The summed E-state index contributed by atoms with van der Waals surface area (Å²) in [6.45, 7) is 0.924. The van der Waals surface area contributed by atoms with Crippen molar-refractivity contribution in [2.45, 2.75) is 13.1 Å². The van der Waals surface area contributed by atoms with Gasteiger partial charge in [0.05, 0.1) is 6.26 Å². The first-order chi connectivity index (χ1) is 13.6. The van der Waals surface area contributed by atoms with Crippen LogP contribution in [0.2, 0.25) is 0 Å². The largest absolute Gasteiger partial charge is 0.463 e. The van der Waals surface area contributed by atoms with E-state index in [1.54, 1.807) is 18.2 Å². The zero-order chi connectivity index (χ0) is 19.5. The van der Waals surface area contributed by atoms with Crippen LogP contribution < -0.4 is 10.9 Å². The molecule has 7 nitrogen and oxygen atoms in total. The maximum absolute atomic E-state index is 12.3. The van der Waals surface area contributed by atoms with Crippen LogP contribution >= 0.6 is 15.9 Å². The highest BCUT2D eigenvalue weighted by Crippen LogP contribution is 2.20. The third-order valence-electron chi connectivity index (χ3n) is 4.34. The second-order valence-corrected chi connectivity index (χ2v) is 7.17. The SMILES string of the molecule is O=C(Cn1nc(-c2ccco2)ccc1=O)NCCn1ccc2ccc(Br)cc21. The molecule has 0 saturated heterocycles. The molecular weight excluding hydrogens is 424 g/mol. The van der Waals surface area contributed by atoms with Crippen LogP contribution in [0.4, 0.5) is 0 Å². The standard InChI is InChI=1S/C20H17BrN4O3/c21-15-4-3-14-7-9-24(17(14)12-15)10-8-22-19(26)13-25-20(27)6-5-16(23-25)18-2-1-11-28-18/h1-7,9,11-12H,8,10,13H2,(H,22,26). The molecule has 0 spiro atoms. The van der Waals surface area contributed by atoms with E-state index < -0.39 is 0 Å². The summed E-state index contributed by atoms with van der Waals surface area (Å²) in [5, 5.41) is 8.18. The van der Waals surface area contributed by atoms with Gasteiger partial charge in [-0.2, -0.15) is 5.10 Å². The Labute approximate surface area is 168 Å². The van der Waals surface area contributed by atoms with E-state index in [1.807, 2.05) is 30.5 Å². The molecule has 0 bridgehead atoms. The van der Waals surface area contributed by atoms with Crippen LogP contribution in [0, 0.1) is 0 Å². The normalized spacial score (nSPS) is 11.0. The first kappa shape index (κ1) is 18.2. The Bertz CT molecular complexity index is 1180. The zero-order valence-corrected chi connectivity index (χ0v) is 16.4. The lowest BCUT2D eigenvalue weighted by Crippen LogP contribution is -2.35. The molecule has 142 valence electrons. The summed E-state index contributed by atoms with van der Waals surface area (Å²) in [6.07, 6.45) is 3.52. The van der Waals surface area contributed by atoms with Crippen molar-refractivity contribution in [1.29, 1.82) is 0 Å². The number of halogens is 1. The first-order valence-corrected chi connectivity index (χ1v) is 9.52. The average molecular weight is 441 g/mol. The molecule has 3 heterocycles. The monoisotopic (exact) mass is 440 g/mol. The number of hydrogen-bond acceptors (Lipinski definition) is 4. The molecule has 0 aliphatic carbocycles. The lowest BCUT2D eigenvalue weighted by atomic mass is 10.2. The van der Waals surface area contributed by atoms with Crippen LogP contribution in [0.5, 0.6) is 0 Å². The van der Waals surface area contributed by atoms with E-state index in [1.165, 1.54) is 12.3 Å². The maximum atomic E-state index is 12.3. The van der Waals surface area contributed by atoms with E-state index in [0.717, 1.165) is 20.1 Å². The van der Waals surface area contributed by atoms with Crippen LogP contribution in [0.25, 0.3) is 22.4 Å². The number of fused-ring (bicyclic) bond motifs is 1. The van der Waals surface area contributed by atoms with E-state index in [2.05, 4.69) is 30.9 Å². The zero-order valence-electron chi connectivity index (χ0n) is 14.8. The highest BCUT2D eigenvalue weighted by molar-refractivity contribution is 9.10. The Kier molecular flexibility index (Phi) is 5.12. The number of benzene rings is 1. The van der Waals surface area contributed by atoms with E-state index in [9.17, 15) is 9.59 Å². The topological polar surface area (TPSA) is 82.1 Å². The summed E-state index contributed by atoms with van der Waals surface area (Å²) in [5.41, 5.74) is 1.25. The number of amides is 1. The number of aromatic nitrogens is 3. The van der Waals surface area contributed by atoms with E-state index >= 15 is 0 Å². The van der Waals surface area contributed by atoms with Gasteiger partial charge in [0.15, 0.2) is 5.76 Å². The van der Waals surface area contributed by atoms with Crippen LogP contribution in [0.15, 0.2) is 74.7 Å². The van der Waals surface area contributed by atoms with Crippen LogP contribution in [0.3, 0.4) is 0 Å². The van der Waals surface area contributed by atoms with E-state index in [-0.39, 0.29) is 18.0 Å². The Morgan fingerprint density at radius 2 is 2.07 bits per heavy atom. The third-order valence-corrected chi connectivity index (χ3v) is 4.84. The minimum Gasteiger partial charge on any atom is -0.463 e. The smallest absolute Gasteiger partial charge is 0.267 e. The maximum Gasteiger partial charge on any atom is 0.267 e. The van der Waals surface area contributed by atoms with Crippen molar-refractivity contribution in [2.75, 3.05) is 6.54 Å². The van der Waals surface area contributed by atoms with Gasteiger partial charge in [-0.05, 0) is 41.8 Å². The van der Waals surface area contributed by atoms with Crippen molar-refractivity contribution >= 4 is 32.7 Å². The van der Waals surface area contributed by atoms with Gasteiger partial charge in [0.1, 0.15) is 12.2 Å². The predicted octanol–water partition coefficient (Wildman–Crippen LogP) is 3.04. The molecule has 3 aromatic heterocycles. The summed E-state index contributed by atoms with van der Waals surface area (Å²) >= 11 is 3.48. The molecular formula is C20H17BrN4O3. The molecule has 1 aromatic carbocycles. The summed E-state index contributed by atoms with van der Waals surface area (Å²) in [6, 6.07) is 14.6. The van der Waals surface area contributed by atoms with Crippen LogP contribution in [-0.2, 0) is 17.9 Å². The van der Waals surface area contributed by atoms with Gasteiger partial charge in [0, 0.05) is 35.3 Å². The molecule has 0 aliphatic heterocycles. The second kappa shape index (κ2) is 7.85. The molecule has 0 fully saturated rings. The lowest BCUT2D eigenvalue weighted by Gasteiger charge is -2.09. The Balaban J connectivity index is 1.39. The molecule has 28 heavy (non-hydrogen) atoms. The fourth-order valence-corrected chi connectivity index (χ4v) is 3.33. The number of furan rings is 1. The van der Waals surface area contributed by atoms with Crippen molar-refractivity contribution in [1.82, 2.24) is 19.7 Å². The van der Waals surface area contributed by atoms with Crippen molar-refractivity contribution < 1.29 is 9.21 Å². The average Bonchev–Trinajstić information content (AvgIpc) is 3.34. The molecule has 1 N–H and O–H groups in total. The fraction of sp³-hybridized carbons (Fsp3) is 0.150. The third kappa shape index (κ3) is 3.91. The Morgan fingerprint density at radius 1 is 1.18 bits per heavy atom. The highest BCUT2D eigenvalue weighted by atomic mass is 79.9. The minimum absolute atomic E-state index is 0.147. The molecule has 0 unspecified atom stereocenters. The summed E-state index contributed by atoms with van der Waals surface area (Å²) < 4.78 is 9.50. The molecule has 8 heteroatoms. The lowest BCUT2D eigenvalue weighted by molar-refractivity contribution is -0.121. The Morgan fingerprint density at radius 3 is 2.89 bits per heavy atom. The van der Waals surface area contributed by atoms with E-state index in [0.29, 0.717) is 24.5 Å². The molecule has 0 saturated carbocycles. The van der Waals surface area contributed by atoms with Gasteiger partial charge in [0.25, 0.3) is 5.56 Å². The van der Waals surface area contributed by atoms with Gasteiger partial charge < -0.3 is 14.3 Å². The van der Waals surface area contributed by atoms with Crippen molar-refractivity contribution in [3.63, 3.8) is 0 Å². The summed E-state index contributed by atoms with van der Waals surface area (Å²) in [4.78, 5) is 24.3. The number of carbonyl (C=O) groups excluding carboxylic acids is 1. The van der Waals surface area contributed by atoms with Gasteiger partial charge in [-0.15, -0.1) is 0 Å². The summed E-state index contributed by atoms with van der Waals surface area (Å²) in [5.74, 6) is 0.267. The van der Waals surface area contributed by atoms with Crippen molar-refractivity contribution in [2.24, 2.45) is 0 Å².